The number of rotatable bonds is 23. The highest BCUT2D eigenvalue weighted by molar-refractivity contribution is 5.95. The standard InChI is InChI=1S/C43H70N6O12/c1-4-5-6-7-8-9-10-12-16-27(2)39-38(56)43(60)49-33(26-51)42(59)47-31(21-23-36(54)45-28(3)34(52)19-15-24-50)40(57)46-30(20-22-35(44)53)41(58)48-32(25-37(55)61-39)29-17-13-11-14-18-29/h11,13-14,17-18,27-28,30-34,38-39,50-52,56H,4-10,12,15-16,19-26H2,1-3H3,(H2,44,53)(H,45,54)(H,46,57)(H,47,59)(H,48,58)(H,49,60)/t27-,28+,30+,31+,32+,33-,34+,38+,39+/m1/s1. The van der Waals surface area contributed by atoms with E-state index in [2.05, 4.69) is 33.5 Å². The number of amides is 6. The van der Waals surface area contributed by atoms with Crippen molar-refractivity contribution in [2.75, 3.05) is 13.2 Å². The van der Waals surface area contributed by atoms with Crippen LogP contribution in [0, 0.1) is 5.92 Å². The number of nitrogens with two attached hydrogens (primary N) is 1. The van der Waals surface area contributed by atoms with Crippen LogP contribution in [0.4, 0.5) is 0 Å². The van der Waals surface area contributed by atoms with Gasteiger partial charge in [-0.3, -0.25) is 33.6 Å². The molecule has 9 atom stereocenters. The van der Waals surface area contributed by atoms with Crippen molar-refractivity contribution in [1.29, 1.82) is 0 Å². The molecule has 18 heteroatoms. The summed E-state index contributed by atoms with van der Waals surface area (Å²) in [6.07, 6.45) is 3.06. The number of carbonyl (C=O) groups excluding carboxylic acids is 7. The molecule has 0 aliphatic carbocycles. The maximum atomic E-state index is 14.0. The first-order chi connectivity index (χ1) is 29.1. The van der Waals surface area contributed by atoms with Gasteiger partial charge in [0.2, 0.25) is 29.5 Å². The van der Waals surface area contributed by atoms with E-state index in [9.17, 15) is 48.9 Å². The second kappa shape index (κ2) is 28.8. The fourth-order valence-electron chi connectivity index (χ4n) is 7.05. The fourth-order valence-corrected chi connectivity index (χ4v) is 7.05. The largest absolute Gasteiger partial charge is 0.459 e. The Morgan fingerprint density at radius 2 is 1.33 bits per heavy atom. The summed E-state index contributed by atoms with van der Waals surface area (Å²) in [7, 11) is 0. The van der Waals surface area contributed by atoms with Gasteiger partial charge in [-0.05, 0) is 50.5 Å². The van der Waals surface area contributed by atoms with Crippen LogP contribution in [0.1, 0.15) is 135 Å². The topological polar surface area (TPSA) is 296 Å². The van der Waals surface area contributed by atoms with Crippen molar-refractivity contribution in [3.63, 3.8) is 0 Å². The van der Waals surface area contributed by atoms with E-state index in [1.54, 1.807) is 44.2 Å². The number of aliphatic hydroxyl groups is 4. The van der Waals surface area contributed by atoms with Crippen LogP contribution in [0.3, 0.4) is 0 Å². The highest BCUT2D eigenvalue weighted by Gasteiger charge is 2.38. The quantitative estimate of drug-likeness (QED) is 0.0541. The van der Waals surface area contributed by atoms with E-state index >= 15 is 0 Å². The number of esters is 1. The first-order valence-corrected chi connectivity index (χ1v) is 21.7. The summed E-state index contributed by atoms with van der Waals surface area (Å²) < 4.78 is 5.82. The van der Waals surface area contributed by atoms with Crippen molar-refractivity contribution in [3.8, 4) is 0 Å². The predicted octanol–water partition coefficient (Wildman–Crippen LogP) is 0.818. The van der Waals surface area contributed by atoms with Crippen LogP contribution in [-0.4, -0.2) is 118 Å². The number of aliphatic hydroxyl groups excluding tert-OH is 4. The van der Waals surface area contributed by atoms with E-state index in [0.717, 1.165) is 38.5 Å². The molecule has 61 heavy (non-hydrogen) atoms. The zero-order valence-corrected chi connectivity index (χ0v) is 35.9. The highest BCUT2D eigenvalue weighted by Crippen LogP contribution is 2.24. The lowest BCUT2D eigenvalue weighted by Crippen LogP contribution is -2.59. The number of cyclic esters (lactones) is 1. The zero-order chi connectivity index (χ0) is 45.3. The Morgan fingerprint density at radius 3 is 1.92 bits per heavy atom. The molecule has 1 aromatic rings. The Hall–Kier alpha value is -4.65. The minimum Gasteiger partial charge on any atom is -0.459 e. The minimum absolute atomic E-state index is 0.154. The van der Waals surface area contributed by atoms with E-state index < -0.39 is 109 Å². The Balaban J connectivity index is 2.50. The first kappa shape index (κ1) is 52.5. The molecule has 0 spiro atoms. The molecule has 0 radical (unpaired) electrons. The van der Waals surface area contributed by atoms with Crippen molar-refractivity contribution < 1.29 is 58.7 Å². The van der Waals surface area contributed by atoms with Gasteiger partial charge in [0.1, 0.15) is 24.2 Å². The van der Waals surface area contributed by atoms with Gasteiger partial charge >= 0.3 is 5.97 Å². The molecule has 1 aromatic carbocycles. The van der Waals surface area contributed by atoms with Gasteiger partial charge in [0.15, 0.2) is 6.10 Å². The summed E-state index contributed by atoms with van der Waals surface area (Å²) >= 11 is 0. The third kappa shape index (κ3) is 19.7. The van der Waals surface area contributed by atoms with Gasteiger partial charge < -0.3 is 57.5 Å². The molecule has 11 N–H and O–H groups in total. The van der Waals surface area contributed by atoms with Crippen LogP contribution in [-0.2, 0) is 38.3 Å². The summed E-state index contributed by atoms with van der Waals surface area (Å²) in [5.74, 6) is -6.82. The van der Waals surface area contributed by atoms with Gasteiger partial charge in [0.25, 0.3) is 5.91 Å². The number of unbranched alkanes of at least 4 members (excludes halogenated alkanes) is 7. The molecule has 1 saturated heterocycles. The van der Waals surface area contributed by atoms with Crippen LogP contribution in [0.5, 0.6) is 0 Å². The van der Waals surface area contributed by atoms with Gasteiger partial charge in [-0.15, -0.1) is 0 Å². The molecule has 2 rings (SSSR count). The first-order valence-electron chi connectivity index (χ1n) is 21.7. The number of nitrogens with one attached hydrogen (secondary N) is 5. The molecule has 18 nitrogen and oxygen atoms in total. The van der Waals surface area contributed by atoms with Gasteiger partial charge in [0, 0.05) is 19.4 Å². The number of hydrogen-bond acceptors (Lipinski definition) is 12. The average Bonchev–Trinajstić information content (AvgIpc) is 3.23. The average molecular weight is 863 g/mol. The van der Waals surface area contributed by atoms with Crippen molar-refractivity contribution in [3.05, 3.63) is 35.9 Å². The van der Waals surface area contributed by atoms with E-state index in [4.69, 9.17) is 15.6 Å². The SMILES string of the molecule is CCCCCCCCCC[C@@H](C)[C@@H]1OC(=O)C[C@@H](c2ccccc2)NC(=O)[C@H](CCC(N)=O)NC(=O)[C@H](CCC(=O)N[C@@H](C)[C@@H](O)CCCO)NC(=O)[C@@H](CO)NC(=O)[C@H]1O. The van der Waals surface area contributed by atoms with Crippen LogP contribution >= 0.6 is 0 Å². The monoisotopic (exact) mass is 863 g/mol. The van der Waals surface area contributed by atoms with Gasteiger partial charge in [0.05, 0.1) is 31.2 Å². The Kier molecular flexibility index (Phi) is 24.8. The third-order valence-corrected chi connectivity index (χ3v) is 10.9. The number of benzene rings is 1. The lowest BCUT2D eigenvalue weighted by Gasteiger charge is -2.30. The maximum absolute atomic E-state index is 14.0. The van der Waals surface area contributed by atoms with Crippen LogP contribution in [0.2, 0.25) is 0 Å². The summed E-state index contributed by atoms with van der Waals surface area (Å²) in [6.45, 7) is 4.29. The van der Waals surface area contributed by atoms with Crippen molar-refractivity contribution in [2.45, 2.75) is 172 Å². The van der Waals surface area contributed by atoms with E-state index in [-0.39, 0.29) is 38.7 Å². The molecular weight excluding hydrogens is 793 g/mol. The molecule has 0 bridgehead atoms. The molecular formula is C43H70N6O12. The number of ether oxygens (including phenoxy) is 1. The lowest BCUT2D eigenvalue weighted by atomic mass is 9.92. The summed E-state index contributed by atoms with van der Waals surface area (Å²) in [6, 6.07) is 1.90. The normalized spacial score (nSPS) is 23.6. The van der Waals surface area contributed by atoms with Gasteiger partial charge in [-0.25, -0.2) is 0 Å². The Labute approximate surface area is 358 Å². The number of primary amides is 1. The lowest BCUT2D eigenvalue weighted by molar-refractivity contribution is -0.164. The van der Waals surface area contributed by atoms with Gasteiger partial charge in [-0.1, -0.05) is 95.5 Å². The molecule has 0 saturated carbocycles. The molecule has 0 unspecified atom stereocenters. The molecule has 6 amide bonds. The minimum atomic E-state index is -1.99. The summed E-state index contributed by atoms with van der Waals surface area (Å²) in [5.41, 5.74) is 5.88. The van der Waals surface area contributed by atoms with Crippen molar-refractivity contribution >= 4 is 41.4 Å². The van der Waals surface area contributed by atoms with Crippen molar-refractivity contribution in [2.24, 2.45) is 11.7 Å². The van der Waals surface area contributed by atoms with Crippen LogP contribution in [0.25, 0.3) is 0 Å². The van der Waals surface area contributed by atoms with E-state index in [1.807, 2.05) is 0 Å². The molecule has 344 valence electrons. The number of carbonyl (C=O) groups is 7. The van der Waals surface area contributed by atoms with E-state index in [0.29, 0.717) is 18.4 Å². The summed E-state index contributed by atoms with van der Waals surface area (Å²) in [4.78, 5) is 93.6. The second-order valence-corrected chi connectivity index (χ2v) is 16.0. The maximum Gasteiger partial charge on any atom is 0.308 e. The molecule has 1 aliphatic rings. The van der Waals surface area contributed by atoms with E-state index in [1.165, 1.54) is 12.8 Å². The van der Waals surface area contributed by atoms with Gasteiger partial charge in [-0.2, -0.15) is 0 Å². The van der Waals surface area contributed by atoms with Crippen LogP contribution in [0.15, 0.2) is 30.3 Å². The third-order valence-electron chi connectivity index (χ3n) is 10.9. The fraction of sp³-hybridized carbons (Fsp3) is 0.698. The predicted molar refractivity (Wildman–Crippen MR) is 225 cm³/mol. The van der Waals surface area contributed by atoms with Crippen LogP contribution < -0.4 is 32.3 Å². The molecule has 0 aromatic heterocycles. The smallest absolute Gasteiger partial charge is 0.308 e. The van der Waals surface area contributed by atoms with Crippen molar-refractivity contribution in [1.82, 2.24) is 26.6 Å². The zero-order valence-electron chi connectivity index (χ0n) is 35.9. The molecule has 1 fully saturated rings. The summed E-state index contributed by atoms with van der Waals surface area (Å²) in [5, 5.41) is 53.6. The second-order valence-electron chi connectivity index (χ2n) is 16.0. The Bertz CT molecular complexity index is 1530. The molecule has 1 aliphatic heterocycles. The highest BCUT2D eigenvalue weighted by atomic mass is 16.6. The number of hydrogen-bond donors (Lipinski definition) is 10. The Morgan fingerprint density at radius 1 is 0.770 bits per heavy atom. The molecule has 1 heterocycles.